The van der Waals surface area contributed by atoms with Crippen LogP contribution in [0.2, 0.25) is 0 Å². The van der Waals surface area contributed by atoms with Gasteiger partial charge in [-0.2, -0.15) is 0 Å². The molecule has 102 valence electrons. The Labute approximate surface area is 123 Å². The molecule has 2 rings (SSSR count). The lowest BCUT2D eigenvalue weighted by Gasteiger charge is -2.07. The normalized spacial score (nSPS) is 10.8. The molecule has 0 fully saturated rings. The Hall–Kier alpha value is -1.76. The molecule has 0 bridgehead atoms. The zero-order valence-corrected chi connectivity index (χ0v) is 12.2. The molecule has 0 unspecified atom stereocenters. The van der Waals surface area contributed by atoms with Crippen molar-refractivity contribution in [2.75, 3.05) is 0 Å². The summed E-state index contributed by atoms with van der Waals surface area (Å²) in [5.41, 5.74) is 0.769. The lowest BCUT2D eigenvalue weighted by atomic mass is 10.0. The quantitative estimate of drug-likeness (QED) is 0.602. The minimum absolute atomic E-state index is 0.334. The van der Waals surface area contributed by atoms with E-state index in [0.717, 1.165) is 10.5 Å². The average Bonchev–Trinajstić information content (AvgIpc) is 2.37. The van der Waals surface area contributed by atoms with Crippen molar-refractivity contribution in [3.05, 3.63) is 53.8 Å². The second-order valence-electron chi connectivity index (χ2n) is 5.05. The van der Waals surface area contributed by atoms with Crippen molar-refractivity contribution in [1.82, 2.24) is 0 Å². The van der Waals surface area contributed by atoms with Crippen molar-refractivity contribution in [3.8, 4) is 23.0 Å². The van der Waals surface area contributed by atoms with Crippen molar-refractivity contribution in [1.29, 1.82) is 0 Å². The Bertz CT molecular complexity index is 673. The van der Waals surface area contributed by atoms with Crippen LogP contribution in [0.3, 0.4) is 0 Å². The Morgan fingerprint density at radius 1 is 1.10 bits per heavy atom. The highest BCUT2D eigenvalue weighted by Crippen LogP contribution is 2.24. The summed E-state index contributed by atoms with van der Waals surface area (Å²) in [5.74, 6) is 5.09. The van der Waals surface area contributed by atoms with Crippen LogP contribution in [-0.4, -0.2) is 10.7 Å². The van der Waals surface area contributed by atoms with E-state index in [4.69, 9.17) is 0 Å². The first-order valence-corrected chi connectivity index (χ1v) is 6.64. The third-order valence-electron chi connectivity index (χ3n) is 2.66. The first-order valence-electron chi connectivity index (χ1n) is 6.20. The maximum atomic E-state index is 14.1. The highest BCUT2D eigenvalue weighted by Gasteiger charge is 2.07. The van der Waals surface area contributed by atoms with Crippen molar-refractivity contribution in [2.45, 2.75) is 24.3 Å². The number of hydrogen-bond acceptors (Lipinski definition) is 2. The highest BCUT2D eigenvalue weighted by atomic mass is 32.1. The monoisotopic (exact) mass is 286 g/mol. The number of rotatable bonds is 1. The van der Waals surface area contributed by atoms with E-state index in [2.05, 4.69) is 24.5 Å². The third kappa shape index (κ3) is 3.86. The predicted octanol–water partition coefficient (Wildman–Crippen LogP) is 3.90. The number of halogens is 1. The Balaban J connectivity index is 2.35. The Kier molecular flexibility index (Phi) is 4.17. The van der Waals surface area contributed by atoms with Crippen LogP contribution in [0.5, 0.6) is 0 Å². The summed E-state index contributed by atoms with van der Waals surface area (Å²) in [7, 11) is 0. The molecule has 0 aliphatic heterocycles. The smallest absolute Gasteiger partial charge is 0.132 e. The molecule has 0 aliphatic carbocycles. The van der Waals surface area contributed by atoms with Gasteiger partial charge < -0.3 is 5.11 Å². The zero-order chi connectivity index (χ0) is 14.8. The molecule has 3 heteroatoms. The minimum atomic E-state index is -1.09. The summed E-state index contributed by atoms with van der Waals surface area (Å²) >= 11 is 4.21. The summed E-state index contributed by atoms with van der Waals surface area (Å²) in [6.45, 7) is 3.17. The van der Waals surface area contributed by atoms with Gasteiger partial charge in [0.05, 0.1) is 0 Å². The van der Waals surface area contributed by atoms with Crippen molar-refractivity contribution < 1.29 is 9.50 Å². The summed E-state index contributed by atoms with van der Waals surface area (Å²) in [5, 5.41) is 9.53. The van der Waals surface area contributed by atoms with Gasteiger partial charge in [0, 0.05) is 16.0 Å². The molecule has 0 spiro atoms. The molecule has 0 saturated carbocycles. The van der Waals surface area contributed by atoms with Gasteiger partial charge in [-0.05, 0) is 43.7 Å². The number of aliphatic hydroxyl groups is 1. The maximum absolute atomic E-state index is 14.1. The van der Waals surface area contributed by atoms with Gasteiger partial charge >= 0.3 is 0 Å². The van der Waals surface area contributed by atoms with Crippen LogP contribution in [0.1, 0.15) is 19.4 Å². The minimum Gasteiger partial charge on any atom is -0.378 e. The summed E-state index contributed by atoms with van der Waals surface area (Å²) in [4.78, 5) is 0.835. The van der Waals surface area contributed by atoms with E-state index in [-0.39, 0.29) is 5.82 Å². The van der Waals surface area contributed by atoms with Crippen molar-refractivity contribution in [2.24, 2.45) is 0 Å². The zero-order valence-electron chi connectivity index (χ0n) is 11.3. The van der Waals surface area contributed by atoms with Crippen LogP contribution in [-0.2, 0) is 0 Å². The van der Waals surface area contributed by atoms with Gasteiger partial charge in [0.2, 0.25) is 0 Å². The molecule has 1 nitrogen and oxygen atoms in total. The average molecular weight is 286 g/mol. The molecule has 0 aliphatic rings. The van der Waals surface area contributed by atoms with Gasteiger partial charge in [0.25, 0.3) is 0 Å². The molecule has 0 amide bonds. The van der Waals surface area contributed by atoms with Gasteiger partial charge in [-0.1, -0.05) is 30.0 Å². The topological polar surface area (TPSA) is 20.2 Å². The first-order chi connectivity index (χ1) is 9.35. The van der Waals surface area contributed by atoms with Gasteiger partial charge in [-0.25, -0.2) is 4.39 Å². The molecule has 0 heterocycles. The SMILES string of the molecule is CC(C)(O)C#Cc1ccc(-c2ccc(S)cc2)c(F)c1. The summed E-state index contributed by atoms with van der Waals surface area (Å²) in [6, 6.07) is 12.1. The van der Waals surface area contributed by atoms with E-state index < -0.39 is 5.60 Å². The summed E-state index contributed by atoms with van der Waals surface area (Å²) in [6.07, 6.45) is 0. The Morgan fingerprint density at radius 2 is 1.75 bits per heavy atom. The largest absolute Gasteiger partial charge is 0.378 e. The van der Waals surface area contributed by atoms with E-state index in [1.54, 1.807) is 26.0 Å². The van der Waals surface area contributed by atoms with Crippen molar-refractivity contribution >= 4 is 12.6 Å². The van der Waals surface area contributed by atoms with Crippen LogP contribution in [0.25, 0.3) is 11.1 Å². The van der Waals surface area contributed by atoms with Crippen LogP contribution < -0.4 is 0 Å². The standard InChI is InChI=1S/C17H15FOS/c1-17(2,19)10-9-12-3-8-15(16(18)11-12)13-4-6-14(20)7-5-13/h3-8,11,19-20H,1-2H3. The molecule has 0 radical (unpaired) electrons. The molecule has 2 aromatic rings. The van der Waals surface area contributed by atoms with Gasteiger partial charge in [0.15, 0.2) is 0 Å². The lowest BCUT2D eigenvalue weighted by molar-refractivity contribution is 0.143. The van der Waals surface area contributed by atoms with Crippen LogP contribution in [0.15, 0.2) is 47.4 Å². The van der Waals surface area contributed by atoms with Crippen LogP contribution in [0.4, 0.5) is 4.39 Å². The third-order valence-corrected chi connectivity index (χ3v) is 2.96. The molecule has 20 heavy (non-hydrogen) atoms. The van der Waals surface area contributed by atoms with E-state index >= 15 is 0 Å². The van der Waals surface area contributed by atoms with E-state index in [9.17, 15) is 9.50 Å². The molecule has 0 atom stereocenters. The molecule has 0 aromatic heterocycles. The second-order valence-corrected chi connectivity index (χ2v) is 5.57. The number of hydrogen-bond donors (Lipinski definition) is 2. The second kappa shape index (κ2) is 5.70. The molecule has 2 aromatic carbocycles. The maximum Gasteiger partial charge on any atom is 0.132 e. The van der Waals surface area contributed by atoms with E-state index in [1.165, 1.54) is 6.07 Å². The highest BCUT2D eigenvalue weighted by molar-refractivity contribution is 7.80. The fourth-order valence-corrected chi connectivity index (χ4v) is 1.84. The Morgan fingerprint density at radius 3 is 2.30 bits per heavy atom. The fourth-order valence-electron chi connectivity index (χ4n) is 1.69. The van der Waals surface area contributed by atoms with Crippen molar-refractivity contribution in [3.63, 3.8) is 0 Å². The molecule has 0 saturated heterocycles. The molecular weight excluding hydrogens is 271 g/mol. The fraction of sp³-hybridized carbons (Fsp3) is 0.176. The van der Waals surface area contributed by atoms with E-state index in [0.29, 0.717) is 11.1 Å². The predicted molar refractivity (Wildman–Crippen MR) is 82.3 cm³/mol. The molecule has 1 N–H and O–H groups in total. The van der Waals surface area contributed by atoms with E-state index in [1.807, 2.05) is 24.3 Å². The molecular formula is C17H15FOS. The van der Waals surface area contributed by atoms with Gasteiger partial charge in [0.1, 0.15) is 11.4 Å². The van der Waals surface area contributed by atoms with Gasteiger partial charge in [-0.3, -0.25) is 0 Å². The number of thiol groups is 1. The number of benzene rings is 2. The van der Waals surface area contributed by atoms with Gasteiger partial charge in [-0.15, -0.1) is 12.6 Å². The van der Waals surface area contributed by atoms with Crippen LogP contribution >= 0.6 is 12.6 Å². The summed E-state index contributed by atoms with van der Waals surface area (Å²) < 4.78 is 14.1. The van der Waals surface area contributed by atoms with Crippen LogP contribution in [0, 0.1) is 17.7 Å². The lowest BCUT2D eigenvalue weighted by Crippen LogP contribution is -2.14. The first kappa shape index (κ1) is 14.6.